The van der Waals surface area contributed by atoms with Crippen LogP contribution in [-0.2, 0) is 23.9 Å². The van der Waals surface area contributed by atoms with Crippen LogP contribution in [0.15, 0.2) is 17.6 Å². The Labute approximate surface area is 204 Å². The van der Waals surface area contributed by atoms with Crippen LogP contribution in [0.3, 0.4) is 0 Å². The minimum atomic E-state index is -3.65. The maximum absolute atomic E-state index is 12.8. The van der Waals surface area contributed by atoms with Crippen LogP contribution in [0.2, 0.25) is 0 Å². The van der Waals surface area contributed by atoms with Crippen molar-refractivity contribution >= 4 is 28.5 Å². The molecule has 0 spiro atoms. The van der Waals surface area contributed by atoms with E-state index < -0.39 is 33.8 Å². The van der Waals surface area contributed by atoms with Crippen molar-refractivity contribution in [3.8, 4) is 0 Å². The lowest BCUT2D eigenvalue weighted by molar-refractivity contribution is 0.00578. The van der Waals surface area contributed by atoms with Gasteiger partial charge in [-0.1, -0.05) is 0 Å². The number of ether oxygens (including phenoxy) is 1. The molecule has 2 saturated heterocycles. The van der Waals surface area contributed by atoms with E-state index in [1.165, 1.54) is 12.4 Å². The summed E-state index contributed by atoms with van der Waals surface area (Å²) in [6, 6.07) is -0.0227. The fourth-order valence-corrected chi connectivity index (χ4v) is 5.21. The molecule has 11 heteroatoms. The molecule has 1 aromatic rings. The first-order chi connectivity index (χ1) is 15.6. The summed E-state index contributed by atoms with van der Waals surface area (Å²) in [7, 11) is -4.30. The minimum Gasteiger partial charge on any atom is -0.444 e. The van der Waals surface area contributed by atoms with Crippen molar-refractivity contribution in [1.82, 2.24) is 14.9 Å². The zero-order valence-electron chi connectivity index (χ0n) is 21.5. The topological polar surface area (TPSA) is 108 Å². The van der Waals surface area contributed by atoms with Gasteiger partial charge in [-0.2, -0.15) is 0 Å². The first-order valence-electron chi connectivity index (χ1n) is 12.0. The average molecular weight is 495 g/mol. The number of rotatable bonds is 6. The van der Waals surface area contributed by atoms with Gasteiger partial charge in [0.25, 0.3) is 0 Å². The standard InChI is InChI=1S/C23H38BN3O6S/c1-21(2,3)31-20(28)27-13-9-8-11-18(27)12-10-14-34(29,30)19-25-15-17(16-26-19)24-32-22(4,5)23(6,7)33-24/h15-16,18H,8-14H2,1-7H3/t18-/m1/s1. The molecule has 3 heterocycles. The number of carbonyl (C=O) groups excluding carboxylic acids is 1. The normalized spacial score (nSPS) is 22.6. The molecule has 1 aromatic heterocycles. The van der Waals surface area contributed by atoms with Crippen LogP contribution in [0.4, 0.5) is 4.79 Å². The van der Waals surface area contributed by atoms with E-state index in [0.29, 0.717) is 24.8 Å². The van der Waals surface area contributed by atoms with E-state index in [0.717, 1.165) is 19.3 Å². The van der Waals surface area contributed by atoms with Gasteiger partial charge in [0.05, 0.1) is 17.0 Å². The lowest BCUT2D eigenvalue weighted by Crippen LogP contribution is -2.46. The second-order valence-electron chi connectivity index (χ2n) is 11.2. The number of piperidine rings is 1. The predicted octanol–water partition coefficient (Wildman–Crippen LogP) is 3.12. The highest BCUT2D eigenvalue weighted by atomic mass is 32.2. The minimum absolute atomic E-state index is 0.0227. The van der Waals surface area contributed by atoms with Gasteiger partial charge in [0.1, 0.15) is 5.60 Å². The van der Waals surface area contributed by atoms with Gasteiger partial charge in [0.2, 0.25) is 15.0 Å². The summed E-state index contributed by atoms with van der Waals surface area (Å²) in [5, 5.41) is -0.208. The molecule has 0 N–H and O–H groups in total. The third kappa shape index (κ3) is 6.28. The highest BCUT2D eigenvalue weighted by Gasteiger charge is 2.52. The number of aromatic nitrogens is 2. The molecule has 2 aliphatic rings. The van der Waals surface area contributed by atoms with Gasteiger partial charge in [0.15, 0.2) is 0 Å². The first-order valence-corrected chi connectivity index (χ1v) is 13.7. The average Bonchev–Trinajstić information content (AvgIpc) is 2.94. The van der Waals surface area contributed by atoms with Crippen molar-refractivity contribution in [2.45, 2.75) is 109 Å². The van der Waals surface area contributed by atoms with Crippen LogP contribution in [0.25, 0.3) is 0 Å². The van der Waals surface area contributed by atoms with Gasteiger partial charge >= 0.3 is 13.2 Å². The van der Waals surface area contributed by atoms with Crippen LogP contribution in [0.1, 0.15) is 80.6 Å². The Morgan fingerprint density at radius 2 is 1.74 bits per heavy atom. The van der Waals surface area contributed by atoms with Crippen LogP contribution < -0.4 is 5.46 Å². The highest BCUT2D eigenvalue weighted by molar-refractivity contribution is 7.91. The van der Waals surface area contributed by atoms with E-state index in [-0.39, 0.29) is 23.0 Å². The second-order valence-corrected chi connectivity index (χ2v) is 13.2. The van der Waals surface area contributed by atoms with Gasteiger partial charge in [0, 0.05) is 30.4 Å². The lowest BCUT2D eigenvalue weighted by atomic mass is 9.81. The Morgan fingerprint density at radius 3 is 2.29 bits per heavy atom. The van der Waals surface area contributed by atoms with Gasteiger partial charge in [-0.15, -0.1) is 0 Å². The molecule has 2 aliphatic heterocycles. The largest absolute Gasteiger partial charge is 0.498 e. The number of likely N-dealkylation sites (tertiary alicyclic amines) is 1. The maximum atomic E-state index is 12.8. The summed E-state index contributed by atoms with van der Waals surface area (Å²) in [6.45, 7) is 13.9. The van der Waals surface area contributed by atoms with Crippen molar-refractivity contribution in [2.24, 2.45) is 0 Å². The van der Waals surface area contributed by atoms with Crippen LogP contribution in [0, 0.1) is 0 Å². The molecule has 1 amide bonds. The third-order valence-corrected chi connectivity index (χ3v) is 8.25. The summed E-state index contributed by atoms with van der Waals surface area (Å²) in [5.41, 5.74) is -0.997. The first kappa shape index (κ1) is 26.9. The van der Waals surface area contributed by atoms with Gasteiger partial charge in [-0.05, 0) is 80.6 Å². The molecule has 0 saturated carbocycles. The summed E-state index contributed by atoms with van der Waals surface area (Å²) in [5.74, 6) is -0.0818. The molecule has 0 aliphatic carbocycles. The van der Waals surface area contributed by atoms with Crippen molar-refractivity contribution in [2.75, 3.05) is 12.3 Å². The third-order valence-electron chi connectivity index (χ3n) is 6.66. The Balaban J connectivity index is 1.58. The van der Waals surface area contributed by atoms with Crippen LogP contribution in [-0.4, -0.2) is 71.6 Å². The summed E-state index contributed by atoms with van der Waals surface area (Å²) >= 11 is 0. The Hall–Kier alpha value is -1.72. The van der Waals surface area contributed by atoms with E-state index in [4.69, 9.17) is 14.0 Å². The molecule has 190 valence electrons. The number of hydrogen-bond donors (Lipinski definition) is 0. The van der Waals surface area contributed by atoms with Gasteiger partial charge in [-0.25, -0.2) is 23.2 Å². The number of hydrogen-bond acceptors (Lipinski definition) is 8. The summed E-state index contributed by atoms with van der Waals surface area (Å²) < 4.78 is 43.1. The molecule has 0 unspecified atom stereocenters. The number of amides is 1. The molecule has 9 nitrogen and oxygen atoms in total. The number of sulfone groups is 1. The smallest absolute Gasteiger partial charge is 0.444 e. The van der Waals surface area contributed by atoms with E-state index in [9.17, 15) is 13.2 Å². The zero-order valence-corrected chi connectivity index (χ0v) is 22.3. The van der Waals surface area contributed by atoms with Gasteiger partial charge < -0.3 is 18.9 Å². The van der Waals surface area contributed by atoms with E-state index in [1.807, 2.05) is 48.5 Å². The fraction of sp³-hybridized carbons (Fsp3) is 0.783. The predicted molar refractivity (Wildman–Crippen MR) is 130 cm³/mol. The quantitative estimate of drug-likeness (QED) is 0.438. The van der Waals surface area contributed by atoms with Crippen molar-refractivity contribution in [3.05, 3.63) is 12.4 Å². The molecular weight excluding hydrogens is 457 g/mol. The molecule has 34 heavy (non-hydrogen) atoms. The van der Waals surface area contributed by atoms with Crippen molar-refractivity contribution in [3.63, 3.8) is 0 Å². The summed E-state index contributed by atoms with van der Waals surface area (Å²) in [4.78, 5) is 22.5. The molecule has 2 fully saturated rings. The van der Waals surface area contributed by atoms with Crippen molar-refractivity contribution < 1.29 is 27.3 Å². The molecule has 0 radical (unpaired) electrons. The molecular formula is C23H38BN3O6S. The second kappa shape index (κ2) is 9.74. The Kier molecular flexibility index (Phi) is 7.70. The monoisotopic (exact) mass is 495 g/mol. The lowest BCUT2D eigenvalue weighted by Gasteiger charge is -2.36. The molecule has 3 rings (SSSR count). The van der Waals surface area contributed by atoms with Gasteiger partial charge in [-0.3, -0.25) is 0 Å². The molecule has 0 bridgehead atoms. The zero-order chi connectivity index (χ0) is 25.4. The highest BCUT2D eigenvalue weighted by Crippen LogP contribution is 2.36. The Bertz CT molecular complexity index is 959. The van der Waals surface area contributed by atoms with E-state index >= 15 is 0 Å². The van der Waals surface area contributed by atoms with Crippen molar-refractivity contribution in [1.29, 1.82) is 0 Å². The van der Waals surface area contributed by atoms with Crippen LogP contribution in [0.5, 0.6) is 0 Å². The number of carbonyl (C=O) groups is 1. The molecule has 1 atom stereocenters. The van der Waals surface area contributed by atoms with Crippen LogP contribution >= 0.6 is 0 Å². The van der Waals surface area contributed by atoms with E-state index in [1.54, 1.807) is 4.90 Å². The van der Waals surface area contributed by atoms with E-state index in [2.05, 4.69) is 9.97 Å². The molecule has 0 aromatic carbocycles. The number of nitrogens with zero attached hydrogens (tertiary/aromatic N) is 3. The summed E-state index contributed by atoms with van der Waals surface area (Å²) in [6.07, 6.45) is 6.36. The Morgan fingerprint density at radius 1 is 1.15 bits per heavy atom. The SMILES string of the molecule is CC(C)(C)OC(=O)N1CCCC[C@@H]1CCCS(=O)(=O)c1ncc(B2OC(C)(C)C(C)(C)O2)cn1. The maximum Gasteiger partial charge on any atom is 0.498 e. The fourth-order valence-electron chi connectivity index (χ4n) is 4.05.